The smallest absolute Gasteiger partial charge is 0.195 e. The molecule has 6 atom stereocenters. The lowest BCUT2D eigenvalue weighted by atomic mass is 9.35. The summed E-state index contributed by atoms with van der Waals surface area (Å²) >= 11 is 0. The molecule has 45 heavy (non-hydrogen) atoms. The van der Waals surface area contributed by atoms with E-state index in [9.17, 15) is 15.0 Å². The minimum absolute atomic E-state index is 0.145. The molecule has 0 radical (unpaired) electrons. The van der Waals surface area contributed by atoms with E-state index in [0.29, 0.717) is 24.3 Å². The zero-order valence-electron chi connectivity index (χ0n) is 28.6. The number of Topliss-reactive ketones (excluding diaryl/α,β-unsaturated/α-hetero) is 3. The third kappa shape index (κ3) is 4.49. The molecule has 1 saturated heterocycles. The maximum absolute atomic E-state index is 15.6. The van der Waals surface area contributed by atoms with Crippen molar-refractivity contribution >= 4 is 17.3 Å². The Balaban J connectivity index is 1.81. The van der Waals surface area contributed by atoms with Crippen molar-refractivity contribution in [1.29, 1.82) is 0 Å². The monoisotopic (exact) mass is 616 g/mol. The topological polar surface area (TPSA) is 101 Å². The summed E-state index contributed by atoms with van der Waals surface area (Å²) in [4.78, 5) is 46.1. The molecule has 1 unspecified atom stereocenters. The van der Waals surface area contributed by atoms with Crippen molar-refractivity contribution in [3.63, 3.8) is 0 Å². The lowest BCUT2D eigenvalue weighted by molar-refractivity contribution is -0.318. The highest BCUT2D eigenvalue weighted by Gasteiger charge is 2.91. The van der Waals surface area contributed by atoms with Gasteiger partial charge in [-0.05, 0) is 84.0 Å². The van der Waals surface area contributed by atoms with Crippen molar-refractivity contribution in [1.82, 2.24) is 0 Å². The lowest BCUT2D eigenvalue weighted by Crippen LogP contribution is -2.80. The van der Waals surface area contributed by atoms with Crippen LogP contribution in [0.15, 0.2) is 66.3 Å². The fourth-order valence-electron chi connectivity index (χ4n) is 9.37. The van der Waals surface area contributed by atoms with Gasteiger partial charge in [0.1, 0.15) is 5.41 Å². The Morgan fingerprint density at radius 3 is 2.33 bits per heavy atom. The first-order valence-electron chi connectivity index (χ1n) is 16.6. The minimum atomic E-state index is -2.22. The Morgan fingerprint density at radius 1 is 1.09 bits per heavy atom. The molecule has 4 aliphatic carbocycles. The number of ether oxygens (including phenoxy) is 1. The Morgan fingerprint density at radius 2 is 1.73 bits per heavy atom. The molecular formula is C39H52O6. The molecule has 0 amide bonds. The molecule has 1 aliphatic heterocycles. The van der Waals surface area contributed by atoms with Crippen LogP contribution < -0.4 is 0 Å². The van der Waals surface area contributed by atoms with Gasteiger partial charge in [-0.2, -0.15) is 0 Å². The van der Waals surface area contributed by atoms with Crippen LogP contribution in [-0.4, -0.2) is 44.6 Å². The van der Waals surface area contributed by atoms with Gasteiger partial charge in [0.05, 0.1) is 16.6 Å². The number of carbonyl (C=O) groups is 3. The van der Waals surface area contributed by atoms with Crippen LogP contribution in [0.25, 0.3) is 0 Å². The number of hydrogen-bond donors (Lipinski definition) is 2. The maximum atomic E-state index is 15.6. The van der Waals surface area contributed by atoms with E-state index in [1.165, 1.54) is 6.08 Å². The first-order valence-corrected chi connectivity index (χ1v) is 16.6. The van der Waals surface area contributed by atoms with Gasteiger partial charge < -0.3 is 14.9 Å². The van der Waals surface area contributed by atoms with E-state index in [0.717, 1.165) is 18.4 Å². The summed E-state index contributed by atoms with van der Waals surface area (Å²) in [5.74, 6) is -4.17. The third-order valence-electron chi connectivity index (χ3n) is 11.8. The lowest BCUT2D eigenvalue weighted by Gasteiger charge is -2.65. The van der Waals surface area contributed by atoms with E-state index >= 15 is 9.59 Å². The van der Waals surface area contributed by atoms with Crippen LogP contribution in [0.4, 0.5) is 0 Å². The van der Waals surface area contributed by atoms with Crippen molar-refractivity contribution in [2.45, 2.75) is 111 Å². The van der Waals surface area contributed by atoms with Crippen LogP contribution in [-0.2, 0) is 14.3 Å². The Hall–Kier alpha value is -2.67. The molecule has 6 nitrogen and oxygen atoms in total. The van der Waals surface area contributed by atoms with Gasteiger partial charge in [0, 0.05) is 11.5 Å². The van der Waals surface area contributed by atoms with Crippen LogP contribution in [0.1, 0.15) is 105 Å². The summed E-state index contributed by atoms with van der Waals surface area (Å²) in [5.41, 5.74) is -7.33. The number of benzene rings is 1. The van der Waals surface area contributed by atoms with Crippen molar-refractivity contribution in [2.24, 2.45) is 39.4 Å². The van der Waals surface area contributed by atoms with Crippen molar-refractivity contribution in [2.75, 3.05) is 0 Å². The van der Waals surface area contributed by atoms with E-state index in [2.05, 4.69) is 26.0 Å². The van der Waals surface area contributed by atoms with E-state index in [1.54, 1.807) is 50.3 Å². The summed E-state index contributed by atoms with van der Waals surface area (Å²) < 4.78 is 6.67. The fourth-order valence-corrected chi connectivity index (χ4v) is 9.37. The molecule has 4 saturated carbocycles. The predicted molar refractivity (Wildman–Crippen MR) is 175 cm³/mol. The minimum Gasteiger partial charge on any atom is -0.386 e. The van der Waals surface area contributed by atoms with Crippen molar-refractivity contribution < 1.29 is 29.3 Å². The van der Waals surface area contributed by atoms with Crippen molar-refractivity contribution in [3.05, 3.63) is 71.8 Å². The molecule has 2 N–H and O–H groups in total. The Labute approximate surface area is 269 Å². The van der Waals surface area contributed by atoms with Gasteiger partial charge in [-0.3, -0.25) is 14.4 Å². The molecular weight excluding hydrogens is 564 g/mol. The summed E-state index contributed by atoms with van der Waals surface area (Å²) in [6, 6.07) is 8.62. The van der Waals surface area contributed by atoms with E-state index in [1.807, 2.05) is 40.7 Å². The zero-order valence-corrected chi connectivity index (χ0v) is 28.6. The molecule has 0 aromatic heterocycles. The highest BCUT2D eigenvalue weighted by Crippen LogP contribution is 2.80. The molecule has 6 rings (SSSR count). The average Bonchev–Trinajstić information content (AvgIpc) is 3.03. The van der Waals surface area contributed by atoms with Gasteiger partial charge in [0.15, 0.2) is 28.6 Å². The highest BCUT2D eigenvalue weighted by atomic mass is 16.7. The largest absolute Gasteiger partial charge is 0.386 e. The number of allylic oxidation sites excluding steroid dienone is 4. The van der Waals surface area contributed by atoms with Crippen LogP contribution in [0.2, 0.25) is 0 Å². The van der Waals surface area contributed by atoms with Gasteiger partial charge in [-0.15, -0.1) is 0 Å². The number of hydrogen-bond acceptors (Lipinski definition) is 6. The SMILES string of the molecule is C/C(=C/C[C@]12C[C@H]3C[C@@H]4C(C)(C)O[C@@]1(O)C4(/C=C/C(C)(C)O)C(=O)[C@](C(=O)c1ccccc1)(C2=O)C3(C)C)CC/C=C\C(C)C. The van der Waals surface area contributed by atoms with E-state index in [-0.39, 0.29) is 12.3 Å². The maximum Gasteiger partial charge on any atom is 0.195 e. The second-order valence-corrected chi connectivity index (χ2v) is 16.3. The van der Waals surface area contributed by atoms with Crippen LogP contribution in [0, 0.1) is 39.4 Å². The van der Waals surface area contributed by atoms with Gasteiger partial charge in [0.2, 0.25) is 0 Å². The number of rotatable bonds is 10. The highest BCUT2D eigenvalue weighted by molar-refractivity contribution is 6.34. The first kappa shape index (κ1) is 33.7. The Bertz CT molecular complexity index is 1470. The van der Waals surface area contributed by atoms with Gasteiger partial charge in [-0.25, -0.2) is 0 Å². The molecule has 1 aromatic carbocycles. The number of aliphatic hydroxyl groups is 2. The molecule has 0 spiro atoms. The van der Waals surface area contributed by atoms with Crippen molar-refractivity contribution in [3.8, 4) is 0 Å². The molecule has 6 heteroatoms. The predicted octanol–water partition coefficient (Wildman–Crippen LogP) is 7.20. The van der Waals surface area contributed by atoms with Gasteiger partial charge >= 0.3 is 0 Å². The summed E-state index contributed by atoms with van der Waals surface area (Å²) in [5, 5.41) is 24.1. The summed E-state index contributed by atoms with van der Waals surface area (Å²) in [6.07, 6.45) is 12.1. The molecule has 1 aromatic rings. The number of carbonyl (C=O) groups excluding carboxylic acids is 3. The molecule has 1 heterocycles. The van der Waals surface area contributed by atoms with Crippen LogP contribution in [0.3, 0.4) is 0 Å². The van der Waals surface area contributed by atoms with Gasteiger partial charge in [-0.1, -0.05) is 94.0 Å². The molecule has 6 bridgehead atoms. The summed E-state index contributed by atoms with van der Waals surface area (Å²) in [6.45, 7) is 17.0. The third-order valence-corrected chi connectivity index (χ3v) is 11.8. The van der Waals surface area contributed by atoms with Crippen LogP contribution >= 0.6 is 0 Å². The van der Waals surface area contributed by atoms with E-state index in [4.69, 9.17) is 4.74 Å². The second-order valence-electron chi connectivity index (χ2n) is 16.3. The average molecular weight is 617 g/mol. The normalized spacial score (nSPS) is 36.9. The standard InChI is InChI=1S/C39H52O6/c1-25(2)15-13-14-16-26(3)19-20-36-24-28-23-29-35(8,9)45-39(36,44)37(29,22-21-33(4,5)43)32(42)38(31(36)41,34(28,6)7)30(40)27-17-11-10-12-18-27/h10-13,15,17-19,21-22,25,28-29,43-44H,14,16,20,23-24H2,1-9H3/b15-13-,22-21+,26-19-/t28-,29-,36-,37?,38+,39-/m1/s1. The summed E-state index contributed by atoms with van der Waals surface area (Å²) in [7, 11) is 0. The van der Waals surface area contributed by atoms with E-state index < -0.39 is 61.9 Å². The Kier molecular flexibility index (Phi) is 8.00. The molecule has 5 aliphatic rings. The molecule has 244 valence electrons. The zero-order chi connectivity index (χ0) is 33.4. The van der Waals surface area contributed by atoms with Gasteiger partial charge in [0.25, 0.3) is 0 Å². The molecule has 5 fully saturated rings. The first-order chi connectivity index (χ1) is 20.7. The quantitative estimate of drug-likeness (QED) is 0.164. The van der Waals surface area contributed by atoms with Crippen LogP contribution in [0.5, 0.6) is 0 Å². The number of ketones is 3. The second kappa shape index (κ2) is 10.7. The fraction of sp³-hybridized carbons (Fsp3) is 0.615.